The highest BCUT2D eigenvalue weighted by atomic mass is 16.7. The van der Waals surface area contributed by atoms with Crippen LogP contribution < -0.4 is 0 Å². The van der Waals surface area contributed by atoms with Gasteiger partial charge in [0.2, 0.25) is 5.91 Å². The zero-order valence-electron chi connectivity index (χ0n) is 14.3. The van der Waals surface area contributed by atoms with Gasteiger partial charge in [0.25, 0.3) is 0 Å². The predicted octanol–water partition coefficient (Wildman–Crippen LogP) is 3.36. The standard InChI is InChI=1S/C18H25NO4/c1-5-22-18(21)23-17-9-7-14(4)19(17)16(20)11-15-8-6-12(2)10-13(15)3/h6,8,10,14,17H,5,7,9,11H2,1-4H3. The molecule has 23 heavy (non-hydrogen) atoms. The third-order valence-corrected chi connectivity index (χ3v) is 4.24. The van der Waals surface area contributed by atoms with Crippen molar-refractivity contribution in [3.8, 4) is 0 Å². The second kappa shape index (κ2) is 7.49. The van der Waals surface area contributed by atoms with E-state index in [2.05, 4.69) is 6.07 Å². The van der Waals surface area contributed by atoms with E-state index in [1.807, 2.05) is 32.9 Å². The average molecular weight is 319 g/mol. The molecule has 2 unspecified atom stereocenters. The summed E-state index contributed by atoms with van der Waals surface area (Å²) in [5.74, 6) is -0.0174. The molecular weight excluding hydrogens is 294 g/mol. The second-order valence-electron chi connectivity index (χ2n) is 6.09. The van der Waals surface area contributed by atoms with Gasteiger partial charge in [0.1, 0.15) is 0 Å². The SMILES string of the molecule is CCOC(=O)OC1CCC(C)N1C(=O)Cc1ccc(C)cc1C. The summed E-state index contributed by atoms with van der Waals surface area (Å²) in [6.45, 7) is 8.01. The van der Waals surface area contributed by atoms with Crippen molar-refractivity contribution in [3.05, 3.63) is 34.9 Å². The van der Waals surface area contributed by atoms with Crippen LogP contribution >= 0.6 is 0 Å². The van der Waals surface area contributed by atoms with Crippen molar-refractivity contribution in [2.75, 3.05) is 6.61 Å². The quantitative estimate of drug-likeness (QED) is 0.799. The summed E-state index contributed by atoms with van der Waals surface area (Å²) in [5, 5.41) is 0. The Kier molecular flexibility index (Phi) is 5.64. The van der Waals surface area contributed by atoms with Crippen molar-refractivity contribution >= 4 is 12.1 Å². The molecule has 1 aliphatic rings. The smallest absolute Gasteiger partial charge is 0.435 e. The first-order chi connectivity index (χ1) is 10.9. The molecule has 0 spiro atoms. The summed E-state index contributed by atoms with van der Waals surface area (Å²) < 4.78 is 10.1. The number of rotatable bonds is 4. The highest BCUT2D eigenvalue weighted by molar-refractivity contribution is 5.80. The molecule has 126 valence electrons. The topological polar surface area (TPSA) is 55.8 Å². The van der Waals surface area contributed by atoms with Gasteiger partial charge in [-0.15, -0.1) is 0 Å². The minimum atomic E-state index is -0.712. The first kappa shape index (κ1) is 17.3. The Morgan fingerprint density at radius 3 is 2.65 bits per heavy atom. The van der Waals surface area contributed by atoms with Crippen molar-refractivity contribution in [1.29, 1.82) is 0 Å². The number of amides is 1. The highest BCUT2D eigenvalue weighted by Crippen LogP contribution is 2.26. The number of benzene rings is 1. The summed E-state index contributed by atoms with van der Waals surface area (Å²) in [7, 11) is 0. The number of likely N-dealkylation sites (tertiary alicyclic amines) is 1. The van der Waals surface area contributed by atoms with Gasteiger partial charge in [0.15, 0.2) is 6.23 Å². The molecular formula is C18H25NO4. The molecule has 1 aromatic carbocycles. The minimum absolute atomic E-state index is 0.0174. The molecule has 0 saturated carbocycles. The highest BCUT2D eigenvalue weighted by Gasteiger charge is 2.37. The lowest BCUT2D eigenvalue weighted by Gasteiger charge is -2.28. The molecule has 2 rings (SSSR count). The maximum absolute atomic E-state index is 12.7. The Labute approximate surface area is 137 Å². The maximum atomic E-state index is 12.7. The first-order valence-electron chi connectivity index (χ1n) is 8.13. The second-order valence-corrected chi connectivity index (χ2v) is 6.09. The van der Waals surface area contributed by atoms with E-state index in [0.717, 1.165) is 17.5 Å². The molecule has 1 saturated heterocycles. The maximum Gasteiger partial charge on any atom is 0.510 e. The zero-order chi connectivity index (χ0) is 17.0. The minimum Gasteiger partial charge on any atom is -0.435 e. The molecule has 0 aliphatic carbocycles. The normalized spacial score (nSPS) is 20.4. The van der Waals surface area contributed by atoms with Crippen molar-refractivity contribution in [2.24, 2.45) is 0 Å². The van der Waals surface area contributed by atoms with Crippen LogP contribution in [0.2, 0.25) is 0 Å². The Hall–Kier alpha value is -2.04. The lowest BCUT2D eigenvalue weighted by atomic mass is 10.0. The molecule has 0 aromatic heterocycles. The van der Waals surface area contributed by atoms with Crippen molar-refractivity contribution in [2.45, 2.75) is 59.2 Å². The number of aryl methyl sites for hydroxylation is 2. The van der Waals surface area contributed by atoms with Crippen LogP contribution in [-0.4, -0.2) is 35.8 Å². The fourth-order valence-corrected chi connectivity index (χ4v) is 3.03. The monoisotopic (exact) mass is 319 g/mol. The molecule has 5 nitrogen and oxygen atoms in total. The zero-order valence-corrected chi connectivity index (χ0v) is 14.3. The van der Waals surface area contributed by atoms with Crippen LogP contribution in [0.3, 0.4) is 0 Å². The van der Waals surface area contributed by atoms with Gasteiger partial charge in [-0.25, -0.2) is 4.79 Å². The molecule has 1 amide bonds. The third-order valence-electron chi connectivity index (χ3n) is 4.24. The molecule has 0 bridgehead atoms. The van der Waals surface area contributed by atoms with E-state index in [1.165, 1.54) is 5.56 Å². The van der Waals surface area contributed by atoms with Gasteiger partial charge in [0.05, 0.1) is 13.0 Å². The molecule has 2 atom stereocenters. The summed E-state index contributed by atoms with van der Waals surface area (Å²) in [5.41, 5.74) is 3.29. The molecule has 1 fully saturated rings. The van der Waals surface area contributed by atoms with E-state index in [1.54, 1.807) is 11.8 Å². The van der Waals surface area contributed by atoms with Gasteiger partial charge >= 0.3 is 6.16 Å². The van der Waals surface area contributed by atoms with Gasteiger partial charge < -0.3 is 14.4 Å². The van der Waals surface area contributed by atoms with E-state index in [0.29, 0.717) is 12.8 Å². The van der Waals surface area contributed by atoms with Crippen molar-refractivity contribution in [1.82, 2.24) is 4.90 Å². The van der Waals surface area contributed by atoms with Gasteiger partial charge in [-0.1, -0.05) is 23.8 Å². The predicted molar refractivity (Wildman–Crippen MR) is 87.1 cm³/mol. The lowest BCUT2D eigenvalue weighted by Crippen LogP contribution is -2.43. The Balaban J connectivity index is 2.07. The van der Waals surface area contributed by atoms with Crippen molar-refractivity contribution in [3.63, 3.8) is 0 Å². The van der Waals surface area contributed by atoms with Crippen LogP contribution in [-0.2, 0) is 20.7 Å². The number of carbonyl (C=O) groups is 2. The molecule has 5 heteroatoms. The van der Waals surface area contributed by atoms with E-state index >= 15 is 0 Å². The molecule has 0 radical (unpaired) electrons. The van der Waals surface area contributed by atoms with E-state index in [-0.39, 0.29) is 18.6 Å². The van der Waals surface area contributed by atoms with Gasteiger partial charge in [-0.05, 0) is 45.2 Å². The fourth-order valence-electron chi connectivity index (χ4n) is 3.03. The number of ether oxygens (including phenoxy) is 2. The van der Waals surface area contributed by atoms with Crippen LogP contribution in [0.5, 0.6) is 0 Å². The summed E-state index contributed by atoms with van der Waals surface area (Å²) in [6.07, 6.45) is 0.554. The van der Waals surface area contributed by atoms with Gasteiger partial charge in [-0.2, -0.15) is 0 Å². The fraction of sp³-hybridized carbons (Fsp3) is 0.556. The Morgan fingerprint density at radius 2 is 2.00 bits per heavy atom. The summed E-state index contributed by atoms with van der Waals surface area (Å²) in [4.78, 5) is 25.9. The lowest BCUT2D eigenvalue weighted by molar-refractivity contribution is -0.141. The summed E-state index contributed by atoms with van der Waals surface area (Å²) in [6, 6.07) is 6.13. The number of hydrogen-bond donors (Lipinski definition) is 0. The van der Waals surface area contributed by atoms with E-state index < -0.39 is 12.4 Å². The first-order valence-corrected chi connectivity index (χ1v) is 8.13. The number of nitrogens with zero attached hydrogens (tertiary/aromatic N) is 1. The van der Waals surface area contributed by atoms with Crippen molar-refractivity contribution < 1.29 is 19.1 Å². The van der Waals surface area contributed by atoms with Crippen LogP contribution in [0.1, 0.15) is 43.4 Å². The Bertz CT molecular complexity index is 584. The van der Waals surface area contributed by atoms with E-state index in [9.17, 15) is 9.59 Å². The molecule has 1 aromatic rings. The van der Waals surface area contributed by atoms with Crippen LogP contribution in [0.4, 0.5) is 4.79 Å². The Morgan fingerprint density at radius 1 is 1.26 bits per heavy atom. The molecule has 1 heterocycles. The molecule has 1 aliphatic heterocycles. The third kappa shape index (κ3) is 4.24. The summed E-state index contributed by atoms with van der Waals surface area (Å²) >= 11 is 0. The van der Waals surface area contributed by atoms with Gasteiger partial charge in [0, 0.05) is 12.5 Å². The molecule has 0 N–H and O–H groups in total. The average Bonchev–Trinajstić information content (AvgIpc) is 2.83. The largest absolute Gasteiger partial charge is 0.510 e. The van der Waals surface area contributed by atoms with Crippen LogP contribution in [0.25, 0.3) is 0 Å². The van der Waals surface area contributed by atoms with Crippen LogP contribution in [0.15, 0.2) is 18.2 Å². The van der Waals surface area contributed by atoms with Gasteiger partial charge in [-0.3, -0.25) is 4.79 Å². The number of hydrogen-bond acceptors (Lipinski definition) is 4. The number of carbonyl (C=O) groups excluding carboxylic acids is 2. The van der Waals surface area contributed by atoms with E-state index in [4.69, 9.17) is 9.47 Å². The van der Waals surface area contributed by atoms with Crippen LogP contribution in [0, 0.1) is 13.8 Å².